The Balaban J connectivity index is 1.55. The van der Waals surface area contributed by atoms with Gasteiger partial charge in [-0.15, -0.1) is 11.3 Å². The number of carbonyl (C=O) groups is 1. The molecule has 0 spiro atoms. The lowest BCUT2D eigenvalue weighted by Gasteiger charge is -2.16. The fourth-order valence-corrected chi connectivity index (χ4v) is 4.85. The van der Waals surface area contributed by atoms with E-state index in [1.54, 1.807) is 46.6 Å². The number of thiazole rings is 1. The maximum absolute atomic E-state index is 12.7. The highest BCUT2D eigenvalue weighted by Gasteiger charge is 2.22. The lowest BCUT2D eigenvalue weighted by molar-refractivity contribution is -0.117. The molecule has 1 aliphatic rings. The summed E-state index contributed by atoms with van der Waals surface area (Å²) < 4.78 is 28.1. The van der Waals surface area contributed by atoms with E-state index in [4.69, 9.17) is 0 Å². The van der Waals surface area contributed by atoms with Crippen molar-refractivity contribution in [2.75, 3.05) is 16.2 Å². The van der Waals surface area contributed by atoms with E-state index in [1.807, 2.05) is 18.4 Å². The molecule has 6 nitrogen and oxygen atoms in total. The molecule has 28 heavy (non-hydrogen) atoms. The molecule has 1 N–H and O–H groups in total. The number of hydrogen-bond acceptors (Lipinski definition) is 5. The van der Waals surface area contributed by atoms with Crippen molar-refractivity contribution in [3.63, 3.8) is 0 Å². The lowest BCUT2D eigenvalue weighted by Crippen LogP contribution is -2.23. The Morgan fingerprint density at radius 3 is 2.57 bits per heavy atom. The molecule has 1 saturated heterocycles. The van der Waals surface area contributed by atoms with Gasteiger partial charge in [-0.05, 0) is 49.7 Å². The van der Waals surface area contributed by atoms with Crippen LogP contribution in [-0.4, -0.2) is 25.9 Å². The molecule has 1 aromatic heterocycles. The van der Waals surface area contributed by atoms with E-state index < -0.39 is 10.0 Å². The monoisotopic (exact) mass is 413 g/mol. The molecular formula is C20H19N3O3S2. The van der Waals surface area contributed by atoms with Crippen molar-refractivity contribution in [2.45, 2.75) is 24.7 Å². The molecule has 0 unspecified atom stereocenters. The van der Waals surface area contributed by atoms with Crippen molar-refractivity contribution >= 4 is 38.6 Å². The average molecular weight is 414 g/mol. The third-order valence-corrected chi connectivity index (χ3v) is 6.73. The average Bonchev–Trinajstić information content (AvgIpc) is 3.30. The van der Waals surface area contributed by atoms with E-state index in [2.05, 4.69) is 9.71 Å². The number of hydrogen-bond donors (Lipinski definition) is 1. The number of benzene rings is 2. The zero-order chi connectivity index (χ0) is 19.7. The highest BCUT2D eigenvalue weighted by Crippen LogP contribution is 2.27. The van der Waals surface area contributed by atoms with Gasteiger partial charge in [0, 0.05) is 35.3 Å². The van der Waals surface area contributed by atoms with Crippen LogP contribution in [0, 0.1) is 6.92 Å². The van der Waals surface area contributed by atoms with Crippen LogP contribution >= 0.6 is 11.3 Å². The van der Waals surface area contributed by atoms with Gasteiger partial charge in [-0.25, -0.2) is 13.4 Å². The van der Waals surface area contributed by atoms with Gasteiger partial charge in [-0.3, -0.25) is 9.52 Å². The molecule has 1 fully saturated rings. The summed E-state index contributed by atoms with van der Waals surface area (Å²) in [7, 11) is -3.73. The molecule has 1 aliphatic heterocycles. The van der Waals surface area contributed by atoms with Crippen molar-refractivity contribution in [2.24, 2.45) is 0 Å². The van der Waals surface area contributed by atoms with Crippen molar-refractivity contribution < 1.29 is 13.2 Å². The van der Waals surface area contributed by atoms with Crippen LogP contribution in [0.4, 0.5) is 11.4 Å². The second kappa shape index (κ2) is 7.37. The number of sulfonamides is 1. The van der Waals surface area contributed by atoms with Crippen molar-refractivity contribution in [3.8, 4) is 11.3 Å². The first-order valence-electron chi connectivity index (χ1n) is 8.88. The lowest BCUT2D eigenvalue weighted by atomic mass is 10.1. The first-order chi connectivity index (χ1) is 13.4. The molecule has 2 heterocycles. The minimum atomic E-state index is -3.73. The summed E-state index contributed by atoms with van der Waals surface area (Å²) in [4.78, 5) is 18.1. The Kier molecular flexibility index (Phi) is 4.91. The molecule has 0 radical (unpaired) electrons. The molecule has 0 saturated carbocycles. The van der Waals surface area contributed by atoms with E-state index in [-0.39, 0.29) is 10.8 Å². The molecule has 8 heteroatoms. The Hall–Kier alpha value is -2.71. The molecule has 1 amide bonds. The topological polar surface area (TPSA) is 79.4 Å². The normalized spacial score (nSPS) is 14.5. The van der Waals surface area contributed by atoms with Gasteiger partial charge in [-0.1, -0.05) is 12.1 Å². The first-order valence-corrected chi connectivity index (χ1v) is 11.2. The number of rotatable bonds is 5. The zero-order valence-corrected chi connectivity index (χ0v) is 16.9. The maximum atomic E-state index is 12.7. The van der Waals surface area contributed by atoms with E-state index >= 15 is 0 Å². The third-order valence-electron chi connectivity index (χ3n) is 4.56. The number of carbonyl (C=O) groups excluding carboxylic acids is 1. The molecule has 0 atom stereocenters. The van der Waals surface area contributed by atoms with Gasteiger partial charge >= 0.3 is 0 Å². The summed E-state index contributed by atoms with van der Waals surface area (Å²) >= 11 is 1.55. The van der Waals surface area contributed by atoms with Crippen molar-refractivity contribution in [3.05, 3.63) is 58.9 Å². The molecule has 4 rings (SSSR count). The molecule has 144 valence electrons. The minimum absolute atomic E-state index is 0.0721. The number of amides is 1. The van der Waals surface area contributed by atoms with Crippen LogP contribution in [0.3, 0.4) is 0 Å². The Morgan fingerprint density at radius 1 is 1.14 bits per heavy atom. The molecule has 0 aliphatic carbocycles. The van der Waals surface area contributed by atoms with Gasteiger partial charge in [-0.2, -0.15) is 0 Å². The summed E-state index contributed by atoms with van der Waals surface area (Å²) in [5.41, 5.74) is 2.87. The number of aryl methyl sites for hydroxylation is 1. The Morgan fingerprint density at radius 2 is 1.93 bits per heavy atom. The highest BCUT2D eigenvalue weighted by atomic mass is 32.2. The van der Waals surface area contributed by atoms with Crippen LogP contribution in [0.15, 0.2) is 58.8 Å². The minimum Gasteiger partial charge on any atom is -0.312 e. The van der Waals surface area contributed by atoms with Gasteiger partial charge in [0.15, 0.2) is 0 Å². The largest absolute Gasteiger partial charge is 0.312 e. The SMILES string of the molecule is Cc1nc(-c2cccc(NS(=O)(=O)c3ccc(N4CCCC4=O)cc3)c2)cs1. The zero-order valence-electron chi connectivity index (χ0n) is 15.3. The predicted molar refractivity (Wildman–Crippen MR) is 111 cm³/mol. The van der Waals surface area contributed by atoms with Gasteiger partial charge in [0.1, 0.15) is 0 Å². The second-order valence-corrected chi connectivity index (χ2v) is 9.33. The fraction of sp³-hybridized carbons (Fsp3) is 0.200. The van der Waals surface area contributed by atoms with Crippen molar-refractivity contribution in [1.29, 1.82) is 0 Å². The molecular weight excluding hydrogens is 394 g/mol. The summed E-state index contributed by atoms with van der Waals surface area (Å²) in [5.74, 6) is 0.0721. The van der Waals surface area contributed by atoms with Gasteiger partial charge in [0.25, 0.3) is 10.0 Å². The number of nitrogens with one attached hydrogen (secondary N) is 1. The van der Waals surface area contributed by atoms with Crippen LogP contribution in [0.25, 0.3) is 11.3 Å². The first kappa shape index (κ1) is 18.6. The summed E-state index contributed by atoms with van der Waals surface area (Å²) in [6.45, 7) is 2.60. The van der Waals surface area contributed by atoms with E-state index in [0.29, 0.717) is 18.7 Å². The Bertz CT molecular complexity index is 1120. The number of aromatic nitrogens is 1. The van der Waals surface area contributed by atoms with Crippen LogP contribution in [-0.2, 0) is 14.8 Å². The summed E-state index contributed by atoms with van der Waals surface area (Å²) in [5, 5.41) is 2.90. The summed E-state index contributed by atoms with van der Waals surface area (Å²) in [6.07, 6.45) is 1.37. The predicted octanol–water partition coefficient (Wildman–Crippen LogP) is 4.05. The van der Waals surface area contributed by atoms with Crippen LogP contribution < -0.4 is 9.62 Å². The third kappa shape index (κ3) is 3.79. The van der Waals surface area contributed by atoms with Crippen LogP contribution in [0.2, 0.25) is 0 Å². The quantitative estimate of drug-likeness (QED) is 0.684. The molecule has 2 aromatic carbocycles. The second-order valence-electron chi connectivity index (χ2n) is 6.58. The molecule has 0 bridgehead atoms. The van der Waals surface area contributed by atoms with E-state index in [1.165, 1.54) is 12.1 Å². The van der Waals surface area contributed by atoms with Gasteiger partial charge in [0.2, 0.25) is 5.91 Å². The number of anilines is 2. The van der Waals surface area contributed by atoms with Gasteiger partial charge in [0.05, 0.1) is 15.6 Å². The fourth-order valence-electron chi connectivity index (χ4n) is 3.18. The standard InChI is InChI=1S/C20H19N3O3S2/c1-14-21-19(13-27-14)15-4-2-5-16(12-15)22-28(25,26)18-9-7-17(8-10-18)23-11-3-6-20(23)24/h2,4-5,7-10,12-13,22H,3,6,11H2,1H3. The van der Waals surface area contributed by atoms with Crippen LogP contribution in [0.1, 0.15) is 17.8 Å². The van der Waals surface area contributed by atoms with E-state index in [9.17, 15) is 13.2 Å². The van der Waals surface area contributed by atoms with Crippen molar-refractivity contribution in [1.82, 2.24) is 4.98 Å². The number of nitrogens with zero attached hydrogens (tertiary/aromatic N) is 2. The maximum Gasteiger partial charge on any atom is 0.261 e. The van der Waals surface area contributed by atoms with Gasteiger partial charge < -0.3 is 4.90 Å². The highest BCUT2D eigenvalue weighted by molar-refractivity contribution is 7.92. The van der Waals surface area contributed by atoms with E-state index in [0.717, 1.165) is 28.4 Å². The smallest absolute Gasteiger partial charge is 0.261 e. The molecule has 3 aromatic rings. The van der Waals surface area contributed by atoms with Crippen LogP contribution in [0.5, 0.6) is 0 Å². The summed E-state index contributed by atoms with van der Waals surface area (Å²) in [6, 6.07) is 13.6. The Labute approximate surface area is 167 Å².